The van der Waals surface area contributed by atoms with Gasteiger partial charge in [0.25, 0.3) is 0 Å². The highest BCUT2D eigenvalue weighted by Crippen LogP contribution is 2.48. The minimum atomic E-state index is -0.335. The molecule has 0 aliphatic carbocycles. The number of fused-ring (bicyclic) bond motifs is 6. The van der Waals surface area contributed by atoms with Gasteiger partial charge >= 0.3 is 0 Å². The van der Waals surface area contributed by atoms with E-state index in [2.05, 4.69) is 51.5 Å². The fourth-order valence-electron chi connectivity index (χ4n) is 3.66. The van der Waals surface area contributed by atoms with Gasteiger partial charge in [-0.1, -0.05) is 29.8 Å². The van der Waals surface area contributed by atoms with Gasteiger partial charge < -0.3 is 5.32 Å². The van der Waals surface area contributed by atoms with E-state index in [0.29, 0.717) is 0 Å². The fourth-order valence-corrected chi connectivity index (χ4v) is 5.01. The molecule has 0 bridgehead atoms. The largest absolute Gasteiger partial charge is 0.357 e. The predicted molar refractivity (Wildman–Crippen MR) is 95.2 cm³/mol. The van der Waals surface area contributed by atoms with Crippen molar-refractivity contribution in [3.05, 3.63) is 65.3 Å². The summed E-state index contributed by atoms with van der Waals surface area (Å²) in [6.07, 6.45) is 2.86. The Morgan fingerprint density at radius 2 is 2.09 bits per heavy atom. The summed E-state index contributed by atoms with van der Waals surface area (Å²) in [4.78, 5) is 1.32. The molecule has 1 N–H and O–H groups in total. The number of thioether (sulfide) groups is 1. The Morgan fingerprint density at radius 3 is 3.04 bits per heavy atom. The molecule has 0 fully saturated rings. The highest BCUT2D eigenvalue weighted by atomic mass is 35.5. The van der Waals surface area contributed by atoms with Crippen LogP contribution in [0.5, 0.6) is 0 Å². The van der Waals surface area contributed by atoms with Gasteiger partial charge in [0.1, 0.15) is 0 Å². The van der Waals surface area contributed by atoms with Crippen LogP contribution in [0.4, 0.5) is 5.69 Å². The highest BCUT2D eigenvalue weighted by molar-refractivity contribution is 7.99. The molecule has 1 aromatic heterocycles. The monoisotopic (exact) mass is 339 g/mol. The smallest absolute Gasteiger partial charge is 0.160 e. The van der Waals surface area contributed by atoms with Crippen molar-refractivity contribution in [2.75, 3.05) is 11.1 Å². The van der Waals surface area contributed by atoms with Gasteiger partial charge in [-0.05, 0) is 30.3 Å². The molecule has 3 nitrogen and oxygen atoms in total. The first kappa shape index (κ1) is 13.5. The van der Waals surface area contributed by atoms with E-state index < -0.39 is 0 Å². The summed E-state index contributed by atoms with van der Waals surface area (Å²) in [5.41, 5.74) is 4.31. The minimum Gasteiger partial charge on any atom is -0.357 e. The summed E-state index contributed by atoms with van der Waals surface area (Å²) >= 11 is 8.15. The van der Waals surface area contributed by atoms with Gasteiger partial charge in [0.2, 0.25) is 0 Å². The van der Waals surface area contributed by atoms with Crippen molar-refractivity contribution in [2.24, 2.45) is 0 Å². The number of nitrogens with zero attached hydrogens (tertiary/aromatic N) is 2. The summed E-state index contributed by atoms with van der Waals surface area (Å²) in [6.45, 7) is 0. The molecule has 0 saturated heterocycles. The Morgan fingerprint density at radius 1 is 1.17 bits per heavy atom. The van der Waals surface area contributed by atoms with Crippen molar-refractivity contribution in [3.8, 4) is 11.3 Å². The first-order valence-electron chi connectivity index (χ1n) is 7.63. The SMILES string of the molecule is Clc1ccc2c(c1)NC1(CCSc3ccccc31)n1nccc1-2. The maximum Gasteiger partial charge on any atom is 0.160 e. The van der Waals surface area contributed by atoms with Gasteiger partial charge in [0.15, 0.2) is 5.66 Å². The van der Waals surface area contributed by atoms with Crippen molar-refractivity contribution in [1.29, 1.82) is 0 Å². The van der Waals surface area contributed by atoms with Gasteiger partial charge in [-0.2, -0.15) is 5.10 Å². The Labute approximate surface area is 143 Å². The molecule has 3 heterocycles. The van der Waals surface area contributed by atoms with E-state index in [1.165, 1.54) is 10.5 Å². The van der Waals surface area contributed by atoms with Gasteiger partial charge in [-0.15, -0.1) is 11.8 Å². The fraction of sp³-hybridized carbons (Fsp3) is 0.167. The molecule has 1 atom stereocenters. The Bertz CT molecular complexity index is 920. The average Bonchev–Trinajstić information content (AvgIpc) is 3.06. The van der Waals surface area contributed by atoms with Crippen molar-refractivity contribution in [1.82, 2.24) is 9.78 Å². The summed E-state index contributed by atoms with van der Waals surface area (Å²) in [5.74, 6) is 1.05. The number of hydrogen-bond donors (Lipinski definition) is 1. The molecule has 114 valence electrons. The average molecular weight is 340 g/mol. The molecule has 2 aliphatic rings. The van der Waals surface area contributed by atoms with E-state index in [1.54, 1.807) is 0 Å². The van der Waals surface area contributed by atoms with Gasteiger partial charge in [-0.3, -0.25) is 0 Å². The van der Waals surface area contributed by atoms with Crippen LogP contribution < -0.4 is 5.32 Å². The quantitative estimate of drug-likeness (QED) is 0.636. The van der Waals surface area contributed by atoms with E-state index in [1.807, 2.05) is 30.1 Å². The standard InChI is InChI=1S/C18H14ClN3S/c19-12-5-6-13-15(11-12)21-18(22-16(13)7-9-20-22)8-10-23-17-4-2-1-3-14(17)18/h1-7,9,11,21H,8,10H2. The molecule has 3 aromatic rings. The van der Waals surface area contributed by atoms with Crippen LogP contribution in [0, 0.1) is 0 Å². The number of nitrogens with one attached hydrogen (secondary N) is 1. The normalized spacial score (nSPS) is 21.3. The predicted octanol–water partition coefficient (Wildman–Crippen LogP) is 4.83. The van der Waals surface area contributed by atoms with E-state index in [4.69, 9.17) is 11.6 Å². The van der Waals surface area contributed by atoms with Gasteiger partial charge in [-0.25, -0.2) is 4.68 Å². The van der Waals surface area contributed by atoms with Crippen LogP contribution in [-0.2, 0) is 5.66 Å². The topological polar surface area (TPSA) is 29.9 Å². The maximum atomic E-state index is 6.24. The van der Waals surface area contributed by atoms with Crippen LogP contribution in [0.1, 0.15) is 12.0 Å². The number of aromatic nitrogens is 2. The summed E-state index contributed by atoms with van der Waals surface area (Å²) in [7, 11) is 0. The lowest BCUT2D eigenvalue weighted by Gasteiger charge is -2.44. The van der Waals surface area contributed by atoms with E-state index in [-0.39, 0.29) is 5.66 Å². The van der Waals surface area contributed by atoms with Crippen LogP contribution in [0.15, 0.2) is 59.6 Å². The molecule has 2 aliphatic heterocycles. The number of rotatable bonds is 0. The molecule has 0 amide bonds. The zero-order chi connectivity index (χ0) is 15.4. The molecule has 5 rings (SSSR count). The van der Waals surface area contributed by atoms with Crippen LogP contribution in [0.3, 0.4) is 0 Å². The Kier molecular flexibility index (Phi) is 2.82. The molecule has 1 unspecified atom stereocenters. The summed E-state index contributed by atoms with van der Waals surface area (Å²) in [5, 5.41) is 9.17. The lowest BCUT2D eigenvalue weighted by atomic mass is 9.91. The number of halogens is 1. The summed E-state index contributed by atoms with van der Waals surface area (Å²) < 4.78 is 2.14. The third-order valence-corrected chi connectivity index (χ3v) is 5.97. The zero-order valence-electron chi connectivity index (χ0n) is 12.3. The maximum absolute atomic E-state index is 6.24. The Balaban J connectivity index is 1.81. The highest BCUT2D eigenvalue weighted by Gasteiger charge is 2.43. The number of anilines is 1. The van der Waals surface area contributed by atoms with E-state index >= 15 is 0 Å². The third-order valence-electron chi connectivity index (χ3n) is 4.66. The second-order valence-corrected chi connectivity index (χ2v) is 7.47. The molecule has 23 heavy (non-hydrogen) atoms. The van der Waals surface area contributed by atoms with Crippen LogP contribution >= 0.6 is 23.4 Å². The van der Waals surface area contributed by atoms with Gasteiger partial charge in [0, 0.05) is 45.1 Å². The first-order chi connectivity index (χ1) is 11.3. The zero-order valence-corrected chi connectivity index (χ0v) is 13.9. The van der Waals surface area contributed by atoms with Crippen molar-refractivity contribution in [3.63, 3.8) is 0 Å². The molecular formula is C18H14ClN3S. The molecule has 5 heteroatoms. The van der Waals surface area contributed by atoms with Crippen LogP contribution in [-0.4, -0.2) is 15.5 Å². The van der Waals surface area contributed by atoms with E-state index in [9.17, 15) is 0 Å². The Hall–Kier alpha value is -1.91. The van der Waals surface area contributed by atoms with Crippen molar-refractivity contribution < 1.29 is 0 Å². The minimum absolute atomic E-state index is 0.335. The molecular weight excluding hydrogens is 326 g/mol. The molecule has 0 saturated carbocycles. The van der Waals surface area contributed by atoms with Crippen molar-refractivity contribution >= 4 is 29.1 Å². The second kappa shape index (κ2) is 4.79. The summed E-state index contributed by atoms with van der Waals surface area (Å²) in [6, 6.07) is 16.7. The molecule has 2 aromatic carbocycles. The second-order valence-electron chi connectivity index (χ2n) is 5.90. The lowest BCUT2D eigenvalue weighted by molar-refractivity contribution is 0.347. The van der Waals surface area contributed by atoms with Gasteiger partial charge in [0.05, 0.1) is 5.69 Å². The number of benzene rings is 2. The molecule has 0 radical (unpaired) electrons. The van der Waals surface area contributed by atoms with Crippen LogP contribution in [0.2, 0.25) is 5.02 Å². The van der Waals surface area contributed by atoms with Crippen LogP contribution in [0.25, 0.3) is 11.3 Å². The lowest BCUT2D eigenvalue weighted by Crippen LogP contribution is -2.48. The number of hydrogen-bond acceptors (Lipinski definition) is 3. The first-order valence-corrected chi connectivity index (χ1v) is 8.99. The van der Waals surface area contributed by atoms with Crippen molar-refractivity contribution in [2.45, 2.75) is 17.0 Å². The third kappa shape index (κ3) is 1.82. The molecule has 1 spiro atoms. The van der Waals surface area contributed by atoms with E-state index in [0.717, 1.165) is 34.1 Å².